The maximum atomic E-state index is 12.4. The number of carbonyl (C=O) groups excluding carboxylic acids is 1. The van der Waals surface area contributed by atoms with Gasteiger partial charge >= 0.3 is 5.97 Å². The van der Waals surface area contributed by atoms with Gasteiger partial charge in [-0.1, -0.05) is 0 Å². The fourth-order valence-corrected chi connectivity index (χ4v) is 2.38. The van der Waals surface area contributed by atoms with Crippen molar-refractivity contribution < 1.29 is 23.1 Å². The zero-order valence-electron chi connectivity index (χ0n) is 12.5. The van der Waals surface area contributed by atoms with Gasteiger partial charge in [-0.25, -0.2) is 8.42 Å². The molecule has 0 atom stereocenters. The van der Waals surface area contributed by atoms with Crippen LogP contribution in [-0.4, -0.2) is 48.6 Å². The van der Waals surface area contributed by atoms with E-state index in [1.807, 2.05) is 0 Å². The third-order valence-electron chi connectivity index (χ3n) is 2.88. The monoisotopic (exact) mass is 313 g/mol. The standard InChI is InChI=1S/C14H19NO5S/c1-14(2,3)15(9-12(16)17)13(18)10-5-7-11(8-6-10)21(4,19)20/h5-8H,9H2,1-4H3,(H,16,17). The molecule has 0 saturated heterocycles. The first kappa shape index (κ1) is 17.2. The number of aliphatic carboxylic acids is 1. The number of nitrogens with zero attached hydrogens (tertiary/aromatic N) is 1. The van der Waals surface area contributed by atoms with E-state index in [1.165, 1.54) is 29.2 Å². The molecule has 1 rings (SSSR count). The Bertz CT molecular complexity index is 641. The van der Waals surface area contributed by atoms with E-state index in [0.29, 0.717) is 0 Å². The minimum atomic E-state index is -3.33. The number of hydrogen-bond acceptors (Lipinski definition) is 4. The van der Waals surface area contributed by atoms with E-state index >= 15 is 0 Å². The molecule has 0 saturated carbocycles. The highest BCUT2D eigenvalue weighted by molar-refractivity contribution is 7.90. The highest BCUT2D eigenvalue weighted by Crippen LogP contribution is 2.18. The summed E-state index contributed by atoms with van der Waals surface area (Å²) in [6.07, 6.45) is 1.08. The van der Waals surface area contributed by atoms with Gasteiger partial charge in [0.2, 0.25) is 0 Å². The van der Waals surface area contributed by atoms with Gasteiger partial charge in [-0.05, 0) is 45.0 Å². The summed E-state index contributed by atoms with van der Waals surface area (Å²) in [6.45, 7) is 4.78. The van der Waals surface area contributed by atoms with Crippen molar-refractivity contribution in [3.05, 3.63) is 29.8 Å². The van der Waals surface area contributed by atoms with Gasteiger partial charge in [-0.15, -0.1) is 0 Å². The largest absolute Gasteiger partial charge is 0.480 e. The Balaban J connectivity index is 3.13. The average molecular weight is 313 g/mol. The van der Waals surface area contributed by atoms with E-state index in [0.717, 1.165) is 6.26 Å². The fraction of sp³-hybridized carbons (Fsp3) is 0.429. The van der Waals surface area contributed by atoms with Gasteiger partial charge in [0, 0.05) is 17.4 Å². The molecule has 7 heteroatoms. The molecule has 0 spiro atoms. The van der Waals surface area contributed by atoms with E-state index in [-0.39, 0.29) is 10.5 Å². The lowest BCUT2D eigenvalue weighted by molar-refractivity contribution is -0.138. The van der Waals surface area contributed by atoms with Gasteiger partial charge in [-0.3, -0.25) is 9.59 Å². The Morgan fingerprint density at radius 1 is 1.14 bits per heavy atom. The number of amides is 1. The molecule has 0 radical (unpaired) electrons. The molecule has 0 aromatic heterocycles. The van der Waals surface area contributed by atoms with Crippen molar-refractivity contribution in [1.82, 2.24) is 4.90 Å². The molecule has 1 N–H and O–H groups in total. The lowest BCUT2D eigenvalue weighted by atomic mass is 10.0. The number of sulfone groups is 1. The highest BCUT2D eigenvalue weighted by atomic mass is 32.2. The third kappa shape index (κ3) is 4.56. The van der Waals surface area contributed by atoms with Crippen LogP contribution in [0.3, 0.4) is 0 Å². The first-order chi connectivity index (χ1) is 9.43. The summed E-state index contributed by atoms with van der Waals surface area (Å²) < 4.78 is 22.8. The molecule has 0 bridgehead atoms. The number of rotatable bonds is 4. The number of carbonyl (C=O) groups is 2. The zero-order valence-corrected chi connectivity index (χ0v) is 13.3. The van der Waals surface area contributed by atoms with Gasteiger partial charge in [-0.2, -0.15) is 0 Å². The normalized spacial score (nSPS) is 12.0. The van der Waals surface area contributed by atoms with E-state index in [1.54, 1.807) is 20.8 Å². The van der Waals surface area contributed by atoms with Crippen molar-refractivity contribution in [1.29, 1.82) is 0 Å². The molecule has 0 aliphatic carbocycles. The quantitative estimate of drug-likeness (QED) is 0.907. The van der Waals surface area contributed by atoms with E-state index in [4.69, 9.17) is 5.11 Å². The van der Waals surface area contributed by atoms with Crippen LogP contribution >= 0.6 is 0 Å². The molecule has 1 aromatic carbocycles. The Morgan fingerprint density at radius 3 is 1.95 bits per heavy atom. The number of carboxylic acid groups (broad SMARTS) is 1. The molecule has 0 unspecified atom stereocenters. The molecule has 0 fully saturated rings. The van der Waals surface area contributed by atoms with Crippen LogP contribution < -0.4 is 0 Å². The van der Waals surface area contributed by atoms with Crippen molar-refractivity contribution >= 4 is 21.7 Å². The van der Waals surface area contributed by atoms with Crippen LogP contribution in [0.4, 0.5) is 0 Å². The molecule has 1 amide bonds. The molecule has 6 nitrogen and oxygen atoms in total. The summed E-state index contributed by atoms with van der Waals surface area (Å²) in [5.41, 5.74) is -0.413. The van der Waals surface area contributed by atoms with Crippen molar-refractivity contribution in [2.24, 2.45) is 0 Å². The van der Waals surface area contributed by atoms with Gasteiger partial charge in [0.1, 0.15) is 6.54 Å². The molecule has 0 aliphatic rings. The van der Waals surface area contributed by atoms with Gasteiger partial charge < -0.3 is 10.0 Å². The Hall–Kier alpha value is -1.89. The summed E-state index contributed by atoms with van der Waals surface area (Å²) in [5.74, 6) is -1.56. The summed E-state index contributed by atoms with van der Waals surface area (Å²) in [7, 11) is -3.33. The van der Waals surface area contributed by atoms with Gasteiger partial charge in [0.15, 0.2) is 9.84 Å². The van der Waals surface area contributed by atoms with Crippen LogP contribution in [0.25, 0.3) is 0 Å². The van der Waals surface area contributed by atoms with Crippen LogP contribution in [0.1, 0.15) is 31.1 Å². The predicted octanol–water partition coefficient (Wildman–Crippen LogP) is 1.42. The summed E-state index contributed by atoms with van der Waals surface area (Å²) in [5, 5.41) is 8.92. The second-order valence-corrected chi connectivity index (χ2v) is 7.77. The third-order valence-corrected chi connectivity index (χ3v) is 4.01. The molecule has 0 aliphatic heterocycles. The number of benzene rings is 1. The lowest BCUT2D eigenvalue weighted by Gasteiger charge is -2.34. The molecule has 116 valence electrons. The van der Waals surface area contributed by atoms with Gasteiger partial charge in [0.05, 0.1) is 4.90 Å². The van der Waals surface area contributed by atoms with Crippen LogP contribution in [-0.2, 0) is 14.6 Å². The van der Waals surface area contributed by atoms with E-state index < -0.39 is 33.8 Å². The smallest absolute Gasteiger partial charge is 0.323 e. The van der Waals surface area contributed by atoms with Crippen molar-refractivity contribution in [3.8, 4) is 0 Å². The first-order valence-electron chi connectivity index (χ1n) is 6.27. The molecule has 21 heavy (non-hydrogen) atoms. The van der Waals surface area contributed by atoms with Crippen LogP contribution in [0.2, 0.25) is 0 Å². The van der Waals surface area contributed by atoms with Crippen LogP contribution in [0, 0.1) is 0 Å². The lowest BCUT2D eigenvalue weighted by Crippen LogP contribution is -2.48. The first-order valence-corrected chi connectivity index (χ1v) is 8.16. The maximum Gasteiger partial charge on any atom is 0.323 e. The molecular formula is C14H19NO5S. The summed E-state index contributed by atoms with van der Waals surface area (Å²) >= 11 is 0. The zero-order chi connectivity index (χ0) is 16.4. The van der Waals surface area contributed by atoms with Crippen LogP contribution in [0.5, 0.6) is 0 Å². The van der Waals surface area contributed by atoms with Crippen molar-refractivity contribution in [2.45, 2.75) is 31.2 Å². The Labute approximate surface area is 124 Å². The minimum Gasteiger partial charge on any atom is -0.480 e. The average Bonchev–Trinajstić information content (AvgIpc) is 2.33. The predicted molar refractivity (Wildman–Crippen MR) is 78.0 cm³/mol. The van der Waals surface area contributed by atoms with E-state index in [2.05, 4.69) is 0 Å². The molecule has 1 aromatic rings. The highest BCUT2D eigenvalue weighted by Gasteiger charge is 2.29. The molecule has 0 heterocycles. The second kappa shape index (κ2) is 5.85. The summed E-state index contributed by atoms with van der Waals surface area (Å²) in [4.78, 5) is 24.6. The molecular weight excluding hydrogens is 294 g/mol. The fourth-order valence-electron chi connectivity index (χ4n) is 1.75. The number of hydrogen-bond donors (Lipinski definition) is 1. The topological polar surface area (TPSA) is 91.8 Å². The summed E-state index contributed by atoms with van der Waals surface area (Å²) in [6, 6.07) is 5.45. The van der Waals surface area contributed by atoms with Gasteiger partial charge in [0.25, 0.3) is 5.91 Å². The van der Waals surface area contributed by atoms with Crippen LogP contribution in [0.15, 0.2) is 29.2 Å². The SMILES string of the molecule is CC(C)(C)N(CC(=O)O)C(=O)c1ccc(S(C)(=O)=O)cc1. The minimum absolute atomic E-state index is 0.111. The Morgan fingerprint density at radius 2 is 1.62 bits per heavy atom. The second-order valence-electron chi connectivity index (χ2n) is 5.75. The number of carboxylic acids is 1. The maximum absolute atomic E-state index is 12.4. The van der Waals surface area contributed by atoms with Crippen molar-refractivity contribution in [3.63, 3.8) is 0 Å². The van der Waals surface area contributed by atoms with Crippen molar-refractivity contribution in [2.75, 3.05) is 12.8 Å². The Kier molecular flexibility index (Phi) is 4.78. The van der Waals surface area contributed by atoms with E-state index in [9.17, 15) is 18.0 Å².